The standard InChI is InChI=1S/C16H19N7OS/c1-11-10-12(2)23(22-11)14-6-5-13(20-21-14)17-7-8-18-16(24)19-15-4-3-9-25-15/h3-6,9-10H,7-8H2,1-2H3,(H,17,20)(H2,18,19,24). The molecule has 9 heteroatoms. The molecule has 130 valence electrons. The maximum Gasteiger partial charge on any atom is 0.319 e. The molecular formula is C16H19N7OS. The second-order valence-corrected chi connectivity index (χ2v) is 6.35. The van der Waals surface area contributed by atoms with Crippen molar-refractivity contribution in [3.63, 3.8) is 0 Å². The minimum atomic E-state index is -0.227. The maximum absolute atomic E-state index is 11.7. The topological polar surface area (TPSA) is 96.8 Å². The SMILES string of the molecule is Cc1cc(C)n(-c2ccc(NCCNC(=O)Nc3cccs3)nn2)n1. The molecule has 0 aromatic carbocycles. The van der Waals surface area contributed by atoms with Crippen molar-refractivity contribution in [1.82, 2.24) is 25.3 Å². The summed E-state index contributed by atoms with van der Waals surface area (Å²) >= 11 is 1.48. The van der Waals surface area contributed by atoms with E-state index in [0.717, 1.165) is 16.4 Å². The Bertz CT molecular complexity index is 827. The molecule has 0 aliphatic carbocycles. The molecule has 3 rings (SSSR count). The molecule has 25 heavy (non-hydrogen) atoms. The van der Waals surface area contributed by atoms with Crippen LogP contribution in [-0.4, -0.2) is 39.1 Å². The Labute approximate surface area is 149 Å². The Kier molecular flexibility index (Phi) is 5.24. The van der Waals surface area contributed by atoms with Gasteiger partial charge < -0.3 is 10.6 Å². The molecule has 0 unspecified atom stereocenters. The zero-order valence-corrected chi connectivity index (χ0v) is 14.8. The molecule has 0 atom stereocenters. The number of aryl methyl sites for hydroxylation is 2. The van der Waals surface area contributed by atoms with Crippen LogP contribution in [0, 0.1) is 13.8 Å². The summed E-state index contributed by atoms with van der Waals surface area (Å²) in [4.78, 5) is 11.7. The van der Waals surface area contributed by atoms with Crippen LogP contribution in [-0.2, 0) is 0 Å². The quantitative estimate of drug-likeness (QED) is 0.589. The number of carbonyl (C=O) groups is 1. The van der Waals surface area contributed by atoms with Crippen molar-refractivity contribution in [1.29, 1.82) is 0 Å². The van der Waals surface area contributed by atoms with Gasteiger partial charge in [0.1, 0.15) is 5.82 Å². The van der Waals surface area contributed by atoms with E-state index in [-0.39, 0.29) is 6.03 Å². The van der Waals surface area contributed by atoms with Gasteiger partial charge in [-0.1, -0.05) is 0 Å². The molecule has 2 amide bonds. The number of nitrogens with zero attached hydrogens (tertiary/aromatic N) is 4. The van der Waals surface area contributed by atoms with E-state index >= 15 is 0 Å². The summed E-state index contributed by atoms with van der Waals surface area (Å²) in [5.41, 5.74) is 1.95. The van der Waals surface area contributed by atoms with Crippen LogP contribution in [0.2, 0.25) is 0 Å². The van der Waals surface area contributed by atoms with Gasteiger partial charge in [0.05, 0.1) is 10.7 Å². The highest BCUT2D eigenvalue weighted by Gasteiger charge is 2.06. The summed E-state index contributed by atoms with van der Waals surface area (Å²) in [6.45, 7) is 4.93. The van der Waals surface area contributed by atoms with Crippen molar-refractivity contribution < 1.29 is 4.79 Å². The minimum Gasteiger partial charge on any atom is -0.367 e. The predicted octanol–water partition coefficient (Wildman–Crippen LogP) is 2.57. The van der Waals surface area contributed by atoms with Gasteiger partial charge in [0.2, 0.25) is 0 Å². The van der Waals surface area contributed by atoms with Gasteiger partial charge in [0.15, 0.2) is 5.82 Å². The molecule has 0 fully saturated rings. The fraction of sp³-hybridized carbons (Fsp3) is 0.250. The molecule has 0 aliphatic rings. The van der Waals surface area contributed by atoms with Crippen LogP contribution >= 0.6 is 11.3 Å². The summed E-state index contributed by atoms with van der Waals surface area (Å²) < 4.78 is 1.75. The van der Waals surface area contributed by atoms with Crippen LogP contribution in [0.1, 0.15) is 11.4 Å². The van der Waals surface area contributed by atoms with E-state index < -0.39 is 0 Å². The molecule has 3 aromatic rings. The lowest BCUT2D eigenvalue weighted by molar-refractivity contribution is 0.252. The third-order valence-electron chi connectivity index (χ3n) is 3.35. The van der Waals surface area contributed by atoms with Crippen molar-refractivity contribution in [2.24, 2.45) is 0 Å². The van der Waals surface area contributed by atoms with Crippen LogP contribution in [0.25, 0.3) is 5.82 Å². The second-order valence-electron chi connectivity index (χ2n) is 5.40. The van der Waals surface area contributed by atoms with Gasteiger partial charge in [0, 0.05) is 18.8 Å². The molecule has 8 nitrogen and oxygen atoms in total. The molecule has 3 heterocycles. The van der Waals surface area contributed by atoms with Crippen molar-refractivity contribution in [3.8, 4) is 5.82 Å². The number of hydrogen-bond donors (Lipinski definition) is 3. The van der Waals surface area contributed by atoms with Gasteiger partial charge in [-0.15, -0.1) is 21.5 Å². The number of aromatic nitrogens is 4. The normalized spacial score (nSPS) is 10.5. The Hall–Kier alpha value is -2.94. The largest absolute Gasteiger partial charge is 0.367 e. The lowest BCUT2D eigenvalue weighted by Gasteiger charge is -2.08. The summed E-state index contributed by atoms with van der Waals surface area (Å²) in [6, 6.07) is 9.19. The van der Waals surface area contributed by atoms with Gasteiger partial charge in [-0.25, -0.2) is 9.48 Å². The molecule has 0 saturated carbocycles. The number of hydrogen-bond acceptors (Lipinski definition) is 6. The van der Waals surface area contributed by atoms with Crippen LogP contribution < -0.4 is 16.0 Å². The zero-order chi connectivity index (χ0) is 17.6. The smallest absolute Gasteiger partial charge is 0.319 e. The van der Waals surface area contributed by atoms with Gasteiger partial charge in [-0.05, 0) is 49.6 Å². The number of nitrogens with one attached hydrogen (secondary N) is 3. The average Bonchev–Trinajstić information content (AvgIpc) is 3.21. The Balaban J connectivity index is 1.44. The highest BCUT2D eigenvalue weighted by atomic mass is 32.1. The summed E-state index contributed by atoms with van der Waals surface area (Å²) in [6.07, 6.45) is 0. The number of rotatable bonds is 6. The fourth-order valence-corrected chi connectivity index (χ4v) is 2.88. The third-order valence-corrected chi connectivity index (χ3v) is 4.14. The molecule has 3 N–H and O–H groups in total. The van der Waals surface area contributed by atoms with E-state index in [4.69, 9.17) is 0 Å². The van der Waals surface area contributed by atoms with E-state index in [1.807, 2.05) is 49.6 Å². The number of urea groups is 1. The molecule has 0 radical (unpaired) electrons. The summed E-state index contributed by atoms with van der Waals surface area (Å²) in [5, 5.41) is 24.1. The highest BCUT2D eigenvalue weighted by Crippen LogP contribution is 2.14. The fourth-order valence-electron chi connectivity index (χ4n) is 2.27. The first kappa shape index (κ1) is 16.9. The number of amides is 2. The first-order valence-corrected chi connectivity index (χ1v) is 8.69. The van der Waals surface area contributed by atoms with Crippen LogP contribution in [0.3, 0.4) is 0 Å². The summed E-state index contributed by atoms with van der Waals surface area (Å²) in [7, 11) is 0. The van der Waals surface area contributed by atoms with Crippen LogP contribution in [0.5, 0.6) is 0 Å². The third kappa shape index (κ3) is 4.54. The molecule has 0 aliphatic heterocycles. The Morgan fingerprint density at radius 2 is 2.08 bits per heavy atom. The van der Waals surface area contributed by atoms with Gasteiger partial charge in [-0.3, -0.25) is 5.32 Å². The number of carbonyl (C=O) groups excluding carboxylic acids is 1. The van der Waals surface area contributed by atoms with Crippen molar-refractivity contribution in [3.05, 3.63) is 47.1 Å². The van der Waals surface area contributed by atoms with Crippen molar-refractivity contribution in [2.75, 3.05) is 23.7 Å². The molecule has 0 bridgehead atoms. The van der Waals surface area contributed by atoms with Gasteiger partial charge >= 0.3 is 6.03 Å². The van der Waals surface area contributed by atoms with Crippen molar-refractivity contribution >= 4 is 28.2 Å². The van der Waals surface area contributed by atoms with E-state index in [1.54, 1.807) is 4.68 Å². The second kappa shape index (κ2) is 7.75. The van der Waals surface area contributed by atoms with E-state index in [1.165, 1.54) is 11.3 Å². The van der Waals surface area contributed by atoms with Crippen molar-refractivity contribution in [2.45, 2.75) is 13.8 Å². The monoisotopic (exact) mass is 357 g/mol. The van der Waals surface area contributed by atoms with E-state index in [0.29, 0.717) is 24.7 Å². The Morgan fingerprint density at radius 3 is 2.72 bits per heavy atom. The lowest BCUT2D eigenvalue weighted by atomic mass is 10.4. The summed E-state index contributed by atoms with van der Waals surface area (Å²) in [5.74, 6) is 1.32. The molecular weight excluding hydrogens is 338 g/mol. The number of anilines is 2. The molecule has 3 aromatic heterocycles. The Morgan fingerprint density at radius 1 is 1.20 bits per heavy atom. The molecule has 0 spiro atoms. The predicted molar refractivity (Wildman–Crippen MR) is 98.5 cm³/mol. The first-order valence-electron chi connectivity index (χ1n) is 7.81. The zero-order valence-electron chi connectivity index (χ0n) is 14.0. The maximum atomic E-state index is 11.7. The first-order chi connectivity index (χ1) is 12.1. The lowest BCUT2D eigenvalue weighted by Crippen LogP contribution is -2.32. The van der Waals surface area contributed by atoms with Crippen LogP contribution in [0.4, 0.5) is 15.6 Å². The average molecular weight is 357 g/mol. The van der Waals surface area contributed by atoms with E-state index in [2.05, 4.69) is 31.2 Å². The minimum absolute atomic E-state index is 0.227. The molecule has 0 saturated heterocycles. The van der Waals surface area contributed by atoms with Gasteiger partial charge in [0.25, 0.3) is 0 Å². The van der Waals surface area contributed by atoms with E-state index in [9.17, 15) is 4.79 Å². The highest BCUT2D eigenvalue weighted by molar-refractivity contribution is 7.14. The van der Waals surface area contributed by atoms with Gasteiger partial charge in [-0.2, -0.15) is 5.10 Å². The van der Waals surface area contributed by atoms with Crippen LogP contribution in [0.15, 0.2) is 35.7 Å². The number of thiophene rings is 1.